The fourth-order valence-electron chi connectivity index (χ4n) is 3.80. The summed E-state index contributed by atoms with van der Waals surface area (Å²) in [5, 5.41) is 15.9. The molecule has 2 heterocycles. The number of rotatable bonds is 8. The molecule has 0 aliphatic carbocycles. The smallest absolute Gasteiger partial charge is 0.418 e. The van der Waals surface area contributed by atoms with Crippen molar-refractivity contribution >= 4 is 34.1 Å². The minimum atomic E-state index is -4.78. The quantitative estimate of drug-likeness (QED) is 0.180. The van der Waals surface area contributed by atoms with Crippen molar-refractivity contribution < 1.29 is 45.7 Å². The van der Waals surface area contributed by atoms with Crippen LogP contribution >= 0.6 is 0 Å². The molecule has 0 radical (unpaired) electrons. The molecule has 4 aromatic rings. The van der Waals surface area contributed by atoms with Crippen LogP contribution in [-0.4, -0.2) is 30.2 Å². The van der Waals surface area contributed by atoms with Crippen LogP contribution in [0.4, 0.5) is 39.1 Å². The zero-order valence-electron chi connectivity index (χ0n) is 20.3. The molecule has 0 bridgehead atoms. The van der Waals surface area contributed by atoms with Crippen molar-refractivity contribution in [2.75, 3.05) is 24.9 Å². The van der Waals surface area contributed by atoms with Crippen LogP contribution in [0.25, 0.3) is 11.0 Å². The summed E-state index contributed by atoms with van der Waals surface area (Å²) in [6.07, 6.45) is -4.68. The van der Waals surface area contributed by atoms with Gasteiger partial charge < -0.3 is 29.6 Å². The van der Waals surface area contributed by atoms with Crippen molar-refractivity contribution in [3.63, 3.8) is 0 Å². The number of para-hydroxylation sites is 1. The number of hydrogen-bond acceptors (Lipinski definition) is 7. The Morgan fingerprint density at radius 3 is 2.38 bits per heavy atom. The first-order valence-electron chi connectivity index (χ1n) is 11.1. The highest BCUT2D eigenvalue weighted by atomic mass is 19.4. The minimum Gasteiger partial charge on any atom is -0.494 e. The predicted molar refractivity (Wildman–Crippen MR) is 131 cm³/mol. The summed E-state index contributed by atoms with van der Waals surface area (Å²) in [6, 6.07) is 6.72. The second-order valence-electron chi connectivity index (χ2n) is 8.03. The van der Waals surface area contributed by atoms with E-state index in [0.717, 1.165) is 44.7 Å². The number of aromatic nitrogens is 1. The molecule has 0 aliphatic heterocycles. The largest absolute Gasteiger partial charge is 0.494 e. The summed E-state index contributed by atoms with van der Waals surface area (Å²) < 4.78 is 86.1. The van der Waals surface area contributed by atoms with Crippen LogP contribution in [0.3, 0.4) is 0 Å². The van der Waals surface area contributed by atoms with Crippen molar-refractivity contribution in [3.8, 4) is 11.5 Å². The zero-order valence-corrected chi connectivity index (χ0v) is 20.3. The van der Waals surface area contributed by atoms with Gasteiger partial charge in [-0.25, -0.2) is 13.8 Å². The fraction of sp³-hybridized carbons (Fsp3) is 0.154. The molecule has 2 aromatic heterocycles. The number of nitrogens with one attached hydrogen (secondary N) is 2. The number of benzene rings is 2. The molecule has 0 aliphatic rings. The highest BCUT2D eigenvalue weighted by molar-refractivity contribution is 6.02. The number of carbonyl (C=O) groups is 1. The van der Waals surface area contributed by atoms with E-state index < -0.39 is 46.6 Å². The van der Waals surface area contributed by atoms with E-state index in [9.17, 15) is 31.9 Å². The zero-order chi connectivity index (χ0) is 28.5. The Kier molecular flexibility index (Phi) is 7.45. The van der Waals surface area contributed by atoms with Crippen LogP contribution in [0, 0.1) is 11.6 Å². The minimum absolute atomic E-state index is 0.0644. The maximum absolute atomic E-state index is 14.9. The van der Waals surface area contributed by atoms with E-state index in [0.29, 0.717) is 0 Å². The molecule has 0 saturated heterocycles. The molecule has 0 fully saturated rings. The van der Waals surface area contributed by atoms with Crippen LogP contribution in [0.2, 0.25) is 0 Å². The molecule has 3 N–H and O–H groups in total. The molecule has 204 valence electrons. The summed E-state index contributed by atoms with van der Waals surface area (Å²) in [5.41, 5.74) is -2.47. The van der Waals surface area contributed by atoms with Gasteiger partial charge in [-0.2, -0.15) is 13.2 Å². The molecule has 1 atom stereocenters. The molecule has 8 nitrogen and oxygen atoms in total. The Balaban J connectivity index is 1.74. The number of fused-ring (bicyclic) bond motifs is 1. The van der Waals surface area contributed by atoms with Crippen LogP contribution < -0.4 is 20.1 Å². The summed E-state index contributed by atoms with van der Waals surface area (Å²) in [5.74, 6) is -4.22. The SMILES string of the molecule is C=CC(=O)Nc1cccc(C(F)(F)F)c1Nc1cc2cc(C(O)c3c(F)c(OC)cc(OC)c3F)oc2cn1. The Bertz CT molecular complexity index is 1540. The molecule has 13 heteroatoms. The number of halogens is 5. The van der Waals surface area contributed by atoms with E-state index in [1.165, 1.54) is 18.2 Å². The van der Waals surface area contributed by atoms with Crippen molar-refractivity contribution in [2.45, 2.75) is 12.3 Å². The number of pyridine rings is 1. The molecular weight excluding hydrogens is 529 g/mol. The number of methoxy groups -OCH3 is 2. The number of ether oxygens (including phenoxy) is 2. The number of aliphatic hydroxyl groups excluding tert-OH is 1. The van der Waals surface area contributed by atoms with E-state index in [-0.39, 0.29) is 39.7 Å². The van der Waals surface area contributed by atoms with Crippen LogP contribution in [0.15, 0.2) is 59.7 Å². The fourth-order valence-corrected chi connectivity index (χ4v) is 3.80. The average molecular weight is 549 g/mol. The summed E-state index contributed by atoms with van der Waals surface area (Å²) in [7, 11) is 2.30. The van der Waals surface area contributed by atoms with Crippen molar-refractivity contribution in [2.24, 2.45) is 0 Å². The van der Waals surface area contributed by atoms with Gasteiger partial charge in [0, 0.05) is 11.5 Å². The van der Waals surface area contributed by atoms with Gasteiger partial charge in [0.2, 0.25) is 5.91 Å². The van der Waals surface area contributed by atoms with Gasteiger partial charge in [0.1, 0.15) is 17.7 Å². The number of furan rings is 1. The second kappa shape index (κ2) is 10.6. The maximum atomic E-state index is 14.9. The van der Waals surface area contributed by atoms with Gasteiger partial charge >= 0.3 is 6.18 Å². The molecule has 0 spiro atoms. The Labute approximate surface area is 217 Å². The third kappa shape index (κ3) is 5.34. The highest BCUT2D eigenvalue weighted by Gasteiger charge is 2.35. The van der Waals surface area contributed by atoms with Gasteiger partial charge in [0.25, 0.3) is 0 Å². The lowest BCUT2D eigenvalue weighted by Gasteiger charge is -2.18. The van der Waals surface area contributed by atoms with Crippen molar-refractivity contribution in [1.82, 2.24) is 4.98 Å². The summed E-state index contributed by atoms with van der Waals surface area (Å²) >= 11 is 0. The van der Waals surface area contributed by atoms with Gasteiger partial charge in [0.05, 0.1) is 42.9 Å². The van der Waals surface area contributed by atoms with Gasteiger partial charge in [-0.1, -0.05) is 12.6 Å². The van der Waals surface area contributed by atoms with E-state index in [2.05, 4.69) is 22.2 Å². The van der Waals surface area contributed by atoms with Gasteiger partial charge in [-0.3, -0.25) is 4.79 Å². The van der Waals surface area contributed by atoms with Crippen molar-refractivity contribution in [3.05, 3.63) is 83.8 Å². The van der Waals surface area contributed by atoms with Gasteiger partial charge in [0.15, 0.2) is 28.7 Å². The molecule has 2 aromatic carbocycles. The van der Waals surface area contributed by atoms with Crippen LogP contribution in [-0.2, 0) is 11.0 Å². The number of aliphatic hydroxyl groups is 1. The van der Waals surface area contributed by atoms with Gasteiger partial charge in [-0.15, -0.1) is 0 Å². The van der Waals surface area contributed by atoms with Crippen molar-refractivity contribution in [1.29, 1.82) is 0 Å². The van der Waals surface area contributed by atoms with Crippen LogP contribution in [0.1, 0.15) is 23.0 Å². The lowest BCUT2D eigenvalue weighted by Crippen LogP contribution is -2.14. The third-order valence-corrected chi connectivity index (χ3v) is 5.64. The summed E-state index contributed by atoms with van der Waals surface area (Å²) in [6.45, 7) is 3.29. The normalized spacial score (nSPS) is 12.2. The average Bonchev–Trinajstić information content (AvgIpc) is 3.32. The number of alkyl halides is 3. The monoisotopic (exact) mass is 549 g/mol. The standard InChI is InChI=1S/C26H20F5N3O5/c1-4-20(35)33-14-7-5-6-13(26(29,30)31)24(14)34-19-9-12-8-17(39-18(12)11-32-19)25(36)21-22(27)15(37-2)10-16(38-3)23(21)28/h4-11,25,36H,1H2,2-3H3,(H,32,34)(H,33,35). The topological polar surface area (TPSA) is 106 Å². The number of hydrogen-bond donors (Lipinski definition) is 3. The van der Waals surface area contributed by atoms with E-state index in [1.807, 2.05) is 0 Å². The van der Waals surface area contributed by atoms with E-state index in [1.54, 1.807) is 0 Å². The molecular formula is C26H20F5N3O5. The molecule has 0 saturated carbocycles. The Morgan fingerprint density at radius 2 is 1.79 bits per heavy atom. The first kappa shape index (κ1) is 27.4. The predicted octanol–water partition coefficient (Wildman–Crippen LogP) is 6.09. The van der Waals surface area contributed by atoms with Gasteiger partial charge in [-0.05, 0) is 30.3 Å². The number of carbonyl (C=O) groups excluding carboxylic acids is 1. The number of nitrogens with zero attached hydrogens (tertiary/aromatic N) is 1. The number of anilines is 3. The Hall–Kier alpha value is -4.65. The molecule has 1 amide bonds. The highest BCUT2D eigenvalue weighted by Crippen LogP contribution is 2.41. The third-order valence-electron chi connectivity index (χ3n) is 5.64. The van der Waals surface area contributed by atoms with Crippen LogP contribution in [0.5, 0.6) is 11.5 Å². The molecule has 39 heavy (non-hydrogen) atoms. The van der Waals surface area contributed by atoms with E-state index >= 15 is 0 Å². The first-order chi connectivity index (χ1) is 18.5. The first-order valence-corrected chi connectivity index (χ1v) is 11.1. The molecule has 1 unspecified atom stereocenters. The molecule has 4 rings (SSSR count). The maximum Gasteiger partial charge on any atom is 0.418 e. The summed E-state index contributed by atoms with van der Waals surface area (Å²) in [4.78, 5) is 15.8. The lowest BCUT2D eigenvalue weighted by molar-refractivity contribution is -0.137. The van der Waals surface area contributed by atoms with E-state index in [4.69, 9.17) is 13.9 Å². The number of amides is 1. The lowest BCUT2D eigenvalue weighted by atomic mass is 10.0. The second-order valence-corrected chi connectivity index (χ2v) is 8.03. The Morgan fingerprint density at radius 1 is 1.13 bits per heavy atom.